The molecule has 0 amide bonds. The van der Waals surface area contributed by atoms with Gasteiger partial charge in [0, 0.05) is 18.6 Å². The second-order valence-electron chi connectivity index (χ2n) is 3.01. The molecular formula is C8H9N5O2S. The van der Waals surface area contributed by atoms with Crippen LogP contribution in [0.4, 0.5) is 11.4 Å². The summed E-state index contributed by atoms with van der Waals surface area (Å²) in [7, 11) is -3.71. The maximum absolute atomic E-state index is 11.8. The van der Waals surface area contributed by atoms with E-state index >= 15 is 0 Å². The summed E-state index contributed by atoms with van der Waals surface area (Å²) in [4.78, 5) is 3.66. The average molecular weight is 239 g/mol. The monoisotopic (exact) mass is 239 g/mol. The summed E-state index contributed by atoms with van der Waals surface area (Å²) in [6.45, 7) is 0. The van der Waals surface area contributed by atoms with Crippen LogP contribution in [0.2, 0.25) is 0 Å². The Morgan fingerprint density at radius 1 is 1.38 bits per heavy atom. The molecule has 4 N–H and O–H groups in total. The zero-order valence-electron chi connectivity index (χ0n) is 8.08. The van der Waals surface area contributed by atoms with Gasteiger partial charge in [-0.3, -0.25) is 14.8 Å². The van der Waals surface area contributed by atoms with Gasteiger partial charge in [0.2, 0.25) is 0 Å². The number of pyridine rings is 1. The predicted octanol–water partition coefficient (Wildman–Crippen LogP) is 0.188. The van der Waals surface area contributed by atoms with Crippen LogP contribution in [0.25, 0.3) is 0 Å². The summed E-state index contributed by atoms with van der Waals surface area (Å²) in [6, 6.07) is 1.42. The molecular weight excluding hydrogens is 230 g/mol. The van der Waals surface area contributed by atoms with Crippen molar-refractivity contribution in [2.45, 2.75) is 4.90 Å². The molecule has 2 aromatic heterocycles. The van der Waals surface area contributed by atoms with Gasteiger partial charge in [-0.1, -0.05) is 0 Å². The quantitative estimate of drug-likeness (QED) is 0.707. The zero-order chi connectivity index (χ0) is 11.6. The minimum Gasteiger partial charge on any atom is -0.398 e. The van der Waals surface area contributed by atoms with Crippen LogP contribution in [0.15, 0.2) is 35.7 Å². The van der Waals surface area contributed by atoms with Crippen LogP contribution >= 0.6 is 0 Å². The molecule has 0 aliphatic heterocycles. The lowest BCUT2D eigenvalue weighted by molar-refractivity contribution is 0.601. The number of hydrogen-bond donors (Lipinski definition) is 3. The fraction of sp³-hybridized carbons (Fsp3) is 0. The number of H-pyrrole nitrogens is 1. The molecule has 0 aromatic carbocycles. The van der Waals surface area contributed by atoms with E-state index in [0.29, 0.717) is 5.69 Å². The van der Waals surface area contributed by atoms with E-state index < -0.39 is 10.0 Å². The van der Waals surface area contributed by atoms with Crippen molar-refractivity contribution in [2.24, 2.45) is 0 Å². The highest BCUT2D eigenvalue weighted by Crippen LogP contribution is 2.18. The van der Waals surface area contributed by atoms with E-state index in [2.05, 4.69) is 19.9 Å². The first kappa shape index (κ1) is 10.4. The highest BCUT2D eigenvalue weighted by molar-refractivity contribution is 7.92. The molecule has 0 aliphatic carbocycles. The van der Waals surface area contributed by atoms with Gasteiger partial charge in [-0.05, 0) is 6.07 Å². The lowest BCUT2D eigenvalue weighted by Gasteiger charge is -2.07. The summed E-state index contributed by atoms with van der Waals surface area (Å²) in [6.07, 6.45) is 5.39. The number of nitrogen functional groups attached to an aromatic ring is 1. The topological polar surface area (TPSA) is 114 Å². The van der Waals surface area contributed by atoms with E-state index in [1.165, 1.54) is 30.9 Å². The van der Waals surface area contributed by atoms with Gasteiger partial charge in [-0.15, -0.1) is 0 Å². The standard InChI is InChI=1S/C8H9N5O2S/c9-7-1-2-10-5-8(7)16(14,15)13-6-3-11-12-4-6/h1-5,13H,(H2,9,10)(H,11,12). The Kier molecular flexibility index (Phi) is 2.49. The van der Waals surface area contributed by atoms with E-state index in [9.17, 15) is 8.42 Å². The largest absolute Gasteiger partial charge is 0.398 e. The van der Waals surface area contributed by atoms with Gasteiger partial charge >= 0.3 is 0 Å². The molecule has 84 valence electrons. The average Bonchev–Trinajstić information content (AvgIpc) is 2.70. The second kappa shape index (κ2) is 3.81. The van der Waals surface area contributed by atoms with Crippen molar-refractivity contribution in [3.63, 3.8) is 0 Å². The van der Waals surface area contributed by atoms with Crippen molar-refractivity contribution >= 4 is 21.4 Å². The Hall–Kier alpha value is -2.09. The number of nitrogens with one attached hydrogen (secondary N) is 2. The Morgan fingerprint density at radius 2 is 2.19 bits per heavy atom. The van der Waals surface area contributed by atoms with Crippen LogP contribution in [0, 0.1) is 0 Å². The number of anilines is 2. The minimum absolute atomic E-state index is 0.0591. The third kappa shape index (κ3) is 1.96. The van der Waals surface area contributed by atoms with Crippen molar-refractivity contribution in [1.82, 2.24) is 15.2 Å². The lowest BCUT2D eigenvalue weighted by Crippen LogP contribution is -2.14. The predicted molar refractivity (Wildman–Crippen MR) is 58.0 cm³/mol. The Bertz CT molecular complexity index is 578. The molecule has 2 aromatic rings. The molecule has 0 saturated carbocycles. The molecule has 0 unspecified atom stereocenters. The molecule has 0 radical (unpaired) electrons. The molecule has 0 saturated heterocycles. The van der Waals surface area contributed by atoms with Gasteiger partial charge in [0.15, 0.2) is 0 Å². The van der Waals surface area contributed by atoms with Gasteiger partial charge in [-0.2, -0.15) is 5.10 Å². The maximum Gasteiger partial charge on any atom is 0.265 e. The third-order valence-corrected chi connectivity index (χ3v) is 3.28. The first-order valence-electron chi connectivity index (χ1n) is 4.31. The zero-order valence-corrected chi connectivity index (χ0v) is 8.90. The molecule has 0 aliphatic rings. The van der Waals surface area contributed by atoms with Crippen molar-refractivity contribution < 1.29 is 8.42 Å². The molecule has 0 atom stereocenters. The SMILES string of the molecule is Nc1ccncc1S(=O)(=O)Nc1cn[nH]c1. The summed E-state index contributed by atoms with van der Waals surface area (Å²) in [5.41, 5.74) is 6.03. The van der Waals surface area contributed by atoms with E-state index in [1.807, 2.05) is 0 Å². The number of nitrogens with zero attached hydrogens (tertiary/aromatic N) is 2. The van der Waals surface area contributed by atoms with Crippen molar-refractivity contribution in [1.29, 1.82) is 0 Å². The highest BCUT2D eigenvalue weighted by Gasteiger charge is 2.17. The molecule has 8 heteroatoms. The van der Waals surface area contributed by atoms with Crippen molar-refractivity contribution in [2.75, 3.05) is 10.5 Å². The number of aromatic nitrogens is 3. The molecule has 2 heterocycles. The fourth-order valence-corrected chi connectivity index (χ4v) is 2.24. The summed E-state index contributed by atoms with van der Waals surface area (Å²) < 4.78 is 26.0. The molecule has 2 rings (SSSR count). The van der Waals surface area contributed by atoms with E-state index in [0.717, 1.165) is 0 Å². The molecule has 0 fully saturated rings. The Morgan fingerprint density at radius 3 is 2.81 bits per heavy atom. The molecule has 16 heavy (non-hydrogen) atoms. The first-order chi connectivity index (χ1) is 7.59. The lowest BCUT2D eigenvalue weighted by atomic mass is 10.4. The smallest absolute Gasteiger partial charge is 0.265 e. The van der Waals surface area contributed by atoms with Crippen LogP contribution < -0.4 is 10.5 Å². The van der Waals surface area contributed by atoms with Crippen LogP contribution in [0.3, 0.4) is 0 Å². The van der Waals surface area contributed by atoms with Crippen molar-refractivity contribution in [3.05, 3.63) is 30.9 Å². The van der Waals surface area contributed by atoms with Gasteiger partial charge in [0.05, 0.1) is 17.6 Å². The molecule has 0 spiro atoms. The maximum atomic E-state index is 11.8. The molecule has 7 nitrogen and oxygen atoms in total. The van der Waals surface area contributed by atoms with E-state index in [-0.39, 0.29) is 10.6 Å². The number of rotatable bonds is 3. The van der Waals surface area contributed by atoms with Crippen LogP contribution in [0.5, 0.6) is 0 Å². The van der Waals surface area contributed by atoms with E-state index in [1.54, 1.807) is 0 Å². The summed E-state index contributed by atoms with van der Waals surface area (Å²) in [5.74, 6) is 0. The van der Waals surface area contributed by atoms with Gasteiger partial charge in [-0.25, -0.2) is 8.42 Å². The summed E-state index contributed by atoms with van der Waals surface area (Å²) in [5, 5.41) is 6.12. The first-order valence-corrected chi connectivity index (χ1v) is 5.79. The molecule has 0 bridgehead atoms. The number of sulfonamides is 1. The number of hydrogen-bond acceptors (Lipinski definition) is 5. The number of nitrogens with two attached hydrogens (primary N) is 1. The second-order valence-corrected chi connectivity index (χ2v) is 4.66. The van der Waals surface area contributed by atoms with E-state index in [4.69, 9.17) is 5.73 Å². The van der Waals surface area contributed by atoms with Crippen LogP contribution in [-0.2, 0) is 10.0 Å². The fourth-order valence-electron chi connectivity index (χ4n) is 1.13. The third-order valence-electron chi connectivity index (χ3n) is 1.86. The van der Waals surface area contributed by atoms with Crippen LogP contribution in [-0.4, -0.2) is 23.6 Å². The van der Waals surface area contributed by atoms with Crippen LogP contribution in [0.1, 0.15) is 0 Å². The number of aromatic amines is 1. The highest BCUT2D eigenvalue weighted by atomic mass is 32.2. The summed E-state index contributed by atoms with van der Waals surface area (Å²) >= 11 is 0. The van der Waals surface area contributed by atoms with Gasteiger partial charge in [0.1, 0.15) is 4.90 Å². The van der Waals surface area contributed by atoms with Gasteiger partial charge < -0.3 is 5.73 Å². The van der Waals surface area contributed by atoms with Gasteiger partial charge in [0.25, 0.3) is 10.0 Å². The van der Waals surface area contributed by atoms with Crippen molar-refractivity contribution in [3.8, 4) is 0 Å². The minimum atomic E-state index is -3.71. The Balaban J connectivity index is 2.37. The normalized spacial score (nSPS) is 11.2. The Labute approximate surface area is 91.8 Å².